The zero-order chi connectivity index (χ0) is 12.6. The molecule has 0 atom stereocenters. The van der Waals surface area contributed by atoms with Gasteiger partial charge in [0.2, 0.25) is 5.89 Å². The Hall–Kier alpha value is -0.940. The van der Waals surface area contributed by atoms with Crippen LogP contribution >= 0.6 is 31.9 Å². The van der Waals surface area contributed by atoms with Gasteiger partial charge < -0.3 is 4.42 Å². The lowest BCUT2D eigenvalue weighted by atomic mass is 10.2. The molecule has 2 aromatic rings. The highest BCUT2D eigenvalue weighted by atomic mass is 79.9. The first-order valence-electron chi connectivity index (χ1n) is 4.96. The summed E-state index contributed by atoms with van der Waals surface area (Å²) in [6, 6.07) is 3.55. The fourth-order valence-electron chi connectivity index (χ4n) is 1.39. The number of allylic oxidation sites excluding steroid dienone is 2. The molecule has 17 heavy (non-hydrogen) atoms. The quantitative estimate of drug-likeness (QED) is 0.769. The maximum absolute atomic E-state index is 11.8. The van der Waals surface area contributed by atoms with Gasteiger partial charge in [0, 0.05) is 14.5 Å². The molecular weight excluding hydrogens is 350 g/mol. The highest BCUT2D eigenvalue weighted by molar-refractivity contribution is 9.11. The molecule has 3 nitrogen and oxygen atoms in total. The van der Waals surface area contributed by atoms with Crippen molar-refractivity contribution in [1.82, 2.24) is 4.98 Å². The Morgan fingerprint density at radius 1 is 1.41 bits per heavy atom. The van der Waals surface area contributed by atoms with Crippen molar-refractivity contribution in [3.63, 3.8) is 0 Å². The second kappa shape index (κ2) is 4.74. The fraction of sp³-hybridized carbons (Fsp3) is 0.167. The van der Waals surface area contributed by atoms with Crippen LogP contribution in [0.5, 0.6) is 0 Å². The second-order valence-electron chi connectivity index (χ2n) is 3.56. The Balaban J connectivity index is 2.87. The van der Waals surface area contributed by atoms with Crippen LogP contribution in [0.25, 0.3) is 16.5 Å². The normalized spacial score (nSPS) is 12.1. The zero-order valence-electron chi connectivity index (χ0n) is 9.25. The molecule has 0 spiro atoms. The summed E-state index contributed by atoms with van der Waals surface area (Å²) in [5.74, 6) is 0.355. The van der Waals surface area contributed by atoms with Crippen molar-refractivity contribution < 1.29 is 4.42 Å². The predicted molar refractivity (Wildman–Crippen MR) is 75.0 cm³/mol. The number of hydrogen-bond acceptors (Lipinski definition) is 3. The molecule has 0 aliphatic carbocycles. The summed E-state index contributed by atoms with van der Waals surface area (Å²) >= 11 is 6.72. The minimum atomic E-state index is -0.381. The molecule has 0 aliphatic heterocycles. The van der Waals surface area contributed by atoms with Crippen molar-refractivity contribution >= 4 is 48.3 Å². The summed E-state index contributed by atoms with van der Waals surface area (Å²) in [5.41, 5.74) is 1.06. The van der Waals surface area contributed by atoms with E-state index in [-0.39, 0.29) is 5.63 Å². The van der Waals surface area contributed by atoms with E-state index in [9.17, 15) is 4.79 Å². The minimum Gasteiger partial charge on any atom is -0.404 e. The van der Waals surface area contributed by atoms with E-state index in [1.807, 2.05) is 26.0 Å². The molecule has 5 heteroatoms. The van der Waals surface area contributed by atoms with E-state index in [1.165, 1.54) is 0 Å². The smallest absolute Gasteiger partial charge is 0.347 e. The van der Waals surface area contributed by atoms with E-state index in [2.05, 4.69) is 36.8 Å². The third kappa shape index (κ3) is 2.35. The summed E-state index contributed by atoms with van der Waals surface area (Å²) < 4.78 is 6.75. The van der Waals surface area contributed by atoms with Gasteiger partial charge in [-0.05, 0) is 41.9 Å². The summed E-state index contributed by atoms with van der Waals surface area (Å²) in [6.45, 7) is 3.72. The van der Waals surface area contributed by atoms with Crippen LogP contribution in [-0.2, 0) is 0 Å². The average Bonchev–Trinajstić information content (AvgIpc) is 2.29. The maximum Gasteiger partial charge on any atom is 0.347 e. The predicted octanol–water partition coefficient (Wildman–Crippen LogP) is 4.14. The Morgan fingerprint density at radius 2 is 2.12 bits per heavy atom. The molecule has 88 valence electrons. The van der Waals surface area contributed by atoms with E-state index < -0.39 is 0 Å². The molecule has 1 aromatic carbocycles. The molecule has 0 saturated heterocycles. The number of rotatable bonds is 1. The summed E-state index contributed by atoms with van der Waals surface area (Å²) in [6.07, 6.45) is 1.85. The Morgan fingerprint density at radius 3 is 2.76 bits per heavy atom. The van der Waals surface area contributed by atoms with Gasteiger partial charge in [-0.2, -0.15) is 0 Å². The van der Waals surface area contributed by atoms with Crippen molar-refractivity contribution in [3.8, 4) is 0 Å². The second-order valence-corrected chi connectivity index (χ2v) is 5.33. The molecule has 0 aliphatic rings. The van der Waals surface area contributed by atoms with Crippen LogP contribution < -0.4 is 5.63 Å². The van der Waals surface area contributed by atoms with E-state index >= 15 is 0 Å². The van der Waals surface area contributed by atoms with Gasteiger partial charge in [0.25, 0.3) is 0 Å². The van der Waals surface area contributed by atoms with E-state index in [0.717, 1.165) is 14.5 Å². The van der Waals surface area contributed by atoms with Crippen molar-refractivity contribution in [2.75, 3.05) is 0 Å². The molecular formula is C12H9Br2NO2. The van der Waals surface area contributed by atoms with E-state index in [1.54, 1.807) is 6.07 Å². The summed E-state index contributed by atoms with van der Waals surface area (Å²) in [5, 5.41) is 0.457. The number of halogens is 2. The van der Waals surface area contributed by atoms with Crippen LogP contribution in [0, 0.1) is 0 Å². The molecule has 0 radical (unpaired) electrons. The van der Waals surface area contributed by atoms with Gasteiger partial charge in [-0.25, -0.2) is 9.78 Å². The van der Waals surface area contributed by atoms with Crippen LogP contribution in [0.2, 0.25) is 0 Å². The Bertz CT molecular complexity index is 674. The third-order valence-corrected chi connectivity index (χ3v) is 3.48. The lowest BCUT2D eigenvalue weighted by Gasteiger charge is -2.03. The van der Waals surface area contributed by atoms with Crippen molar-refractivity contribution in [2.45, 2.75) is 13.8 Å². The molecule has 1 heterocycles. The lowest BCUT2D eigenvalue weighted by molar-refractivity contribution is 0.486. The van der Waals surface area contributed by atoms with Gasteiger partial charge in [0.05, 0.1) is 10.9 Å². The standard InChI is InChI=1S/C12H9Br2NO2/c1-3-6(2)11-15-10-8(12(16)17-11)4-7(13)5-9(10)14/h3-5H,1-2H3. The van der Waals surface area contributed by atoms with Crippen LogP contribution in [0.4, 0.5) is 0 Å². The van der Waals surface area contributed by atoms with E-state index in [0.29, 0.717) is 16.8 Å². The van der Waals surface area contributed by atoms with Crippen molar-refractivity contribution in [2.24, 2.45) is 0 Å². The van der Waals surface area contributed by atoms with Gasteiger partial charge in [0.1, 0.15) is 0 Å². The largest absolute Gasteiger partial charge is 0.404 e. The van der Waals surface area contributed by atoms with Gasteiger partial charge in [0.15, 0.2) is 0 Å². The van der Waals surface area contributed by atoms with Gasteiger partial charge in [-0.1, -0.05) is 22.0 Å². The highest BCUT2D eigenvalue weighted by Gasteiger charge is 2.11. The molecule has 0 unspecified atom stereocenters. The Labute approximate surface area is 115 Å². The number of fused-ring (bicyclic) bond motifs is 1. The van der Waals surface area contributed by atoms with Crippen LogP contribution in [0.15, 0.2) is 36.4 Å². The first-order chi connectivity index (χ1) is 8.02. The average molecular weight is 359 g/mol. The van der Waals surface area contributed by atoms with E-state index in [4.69, 9.17) is 4.42 Å². The topological polar surface area (TPSA) is 43.1 Å². The minimum absolute atomic E-state index is 0.355. The molecule has 1 aromatic heterocycles. The number of aromatic nitrogens is 1. The van der Waals surface area contributed by atoms with Crippen LogP contribution in [0.1, 0.15) is 19.7 Å². The fourth-order valence-corrected chi connectivity index (χ4v) is 2.71. The van der Waals surface area contributed by atoms with Gasteiger partial charge in [-0.3, -0.25) is 0 Å². The van der Waals surface area contributed by atoms with Crippen LogP contribution in [-0.4, -0.2) is 4.98 Å². The first kappa shape index (κ1) is 12.5. The van der Waals surface area contributed by atoms with Gasteiger partial charge >= 0.3 is 5.63 Å². The molecule has 0 amide bonds. The maximum atomic E-state index is 11.8. The van der Waals surface area contributed by atoms with Crippen molar-refractivity contribution in [3.05, 3.63) is 43.5 Å². The molecule has 2 rings (SSSR count). The number of hydrogen-bond donors (Lipinski definition) is 0. The first-order valence-corrected chi connectivity index (χ1v) is 6.54. The lowest BCUT2D eigenvalue weighted by Crippen LogP contribution is -2.04. The number of nitrogens with zero attached hydrogens (tertiary/aromatic N) is 1. The summed E-state index contributed by atoms with van der Waals surface area (Å²) in [7, 11) is 0. The number of benzene rings is 1. The Kier molecular flexibility index (Phi) is 3.49. The molecule has 0 bridgehead atoms. The molecule has 0 N–H and O–H groups in total. The third-order valence-electron chi connectivity index (χ3n) is 2.42. The highest BCUT2D eigenvalue weighted by Crippen LogP contribution is 2.26. The summed E-state index contributed by atoms with van der Waals surface area (Å²) in [4.78, 5) is 16.2. The van der Waals surface area contributed by atoms with Gasteiger partial charge in [-0.15, -0.1) is 0 Å². The monoisotopic (exact) mass is 357 g/mol. The van der Waals surface area contributed by atoms with Crippen molar-refractivity contribution in [1.29, 1.82) is 0 Å². The molecule has 0 fully saturated rings. The zero-order valence-corrected chi connectivity index (χ0v) is 12.4. The molecule has 0 saturated carbocycles. The SMILES string of the molecule is CC=C(C)c1nc2c(Br)cc(Br)cc2c(=O)o1. The van der Waals surface area contributed by atoms with Crippen LogP contribution in [0.3, 0.4) is 0 Å².